The standard InChI is InChI=1S/C22H19BrN6O/c23-16-7-4-8-17(13-16)25-20-18-14-24-22(29-9-11-30-12-10-29)28-21(18)27-19(26-20)15-5-2-1-3-6-15/h1-8,13-14H,9-12H2,(H,24,25,26,27,28). The van der Waals surface area contributed by atoms with Gasteiger partial charge in [-0.25, -0.2) is 15.0 Å². The number of hydrogen-bond acceptors (Lipinski definition) is 7. The van der Waals surface area contributed by atoms with Crippen LogP contribution in [0, 0.1) is 0 Å². The monoisotopic (exact) mass is 462 g/mol. The molecule has 0 aliphatic carbocycles. The SMILES string of the molecule is Brc1cccc(Nc2nc(-c3ccccc3)nc3nc(N4CCOCC4)ncc23)c1. The molecule has 7 nitrogen and oxygen atoms in total. The lowest BCUT2D eigenvalue weighted by molar-refractivity contribution is 0.122. The summed E-state index contributed by atoms with van der Waals surface area (Å²) in [7, 11) is 0. The second-order valence-electron chi connectivity index (χ2n) is 6.90. The van der Waals surface area contributed by atoms with Crippen molar-refractivity contribution in [3.63, 3.8) is 0 Å². The van der Waals surface area contributed by atoms with Gasteiger partial charge >= 0.3 is 0 Å². The third-order valence-corrected chi connectivity index (χ3v) is 5.35. The Hall–Kier alpha value is -3.10. The first-order chi connectivity index (χ1) is 14.8. The summed E-state index contributed by atoms with van der Waals surface area (Å²) in [5, 5.41) is 4.17. The molecule has 1 aliphatic heterocycles. The second kappa shape index (κ2) is 8.33. The molecule has 2 aromatic carbocycles. The van der Waals surface area contributed by atoms with Crippen molar-refractivity contribution >= 4 is 44.4 Å². The van der Waals surface area contributed by atoms with Crippen LogP contribution in [0.15, 0.2) is 65.3 Å². The van der Waals surface area contributed by atoms with Crippen molar-refractivity contribution in [1.29, 1.82) is 0 Å². The van der Waals surface area contributed by atoms with E-state index in [1.54, 1.807) is 6.20 Å². The van der Waals surface area contributed by atoms with Gasteiger partial charge in [0.25, 0.3) is 0 Å². The maximum Gasteiger partial charge on any atom is 0.227 e. The molecule has 150 valence electrons. The van der Waals surface area contributed by atoms with Crippen LogP contribution < -0.4 is 10.2 Å². The van der Waals surface area contributed by atoms with Crippen molar-refractivity contribution in [1.82, 2.24) is 19.9 Å². The molecule has 1 saturated heterocycles. The van der Waals surface area contributed by atoms with Gasteiger partial charge < -0.3 is 15.0 Å². The van der Waals surface area contributed by atoms with Gasteiger partial charge in [0.15, 0.2) is 11.5 Å². The van der Waals surface area contributed by atoms with Crippen molar-refractivity contribution in [2.45, 2.75) is 0 Å². The Labute approximate surface area is 182 Å². The minimum Gasteiger partial charge on any atom is -0.378 e. The summed E-state index contributed by atoms with van der Waals surface area (Å²) in [5.74, 6) is 1.95. The van der Waals surface area contributed by atoms with Crippen LogP contribution in [-0.2, 0) is 4.74 Å². The third kappa shape index (κ3) is 3.96. The van der Waals surface area contributed by atoms with Gasteiger partial charge in [-0.3, -0.25) is 0 Å². The predicted octanol–water partition coefficient (Wildman–Crippen LogP) is 4.43. The van der Waals surface area contributed by atoms with Crippen LogP contribution in [0.1, 0.15) is 0 Å². The number of rotatable bonds is 4. The molecule has 1 fully saturated rings. The molecule has 0 unspecified atom stereocenters. The summed E-state index contributed by atoms with van der Waals surface area (Å²) in [5.41, 5.74) is 2.46. The number of anilines is 3. The van der Waals surface area contributed by atoms with Crippen LogP contribution in [0.4, 0.5) is 17.5 Å². The Bertz CT molecular complexity index is 1180. The van der Waals surface area contributed by atoms with E-state index < -0.39 is 0 Å². The Morgan fingerprint density at radius 3 is 2.57 bits per heavy atom. The molecule has 0 saturated carbocycles. The largest absolute Gasteiger partial charge is 0.378 e. The maximum absolute atomic E-state index is 5.44. The van der Waals surface area contributed by atoms with Crippen LogP contribution in [-0.4, -0.2) is 46.2 Å². The predicted molar refractivity (Wildman–Crippen MR) is 121 cm³/mol. The Morgan fingerprint density at radius 2 is 1.77 bits per heavy atom. The number of nitrogens with one attached hydrogen (secondary N) is 1. The van der Waals surface area contributed by atoms with E-state index in [9.17, 15) is 0 Å². The third-order valence-electron chi connectivity index (χ3n) is 4.85. The fraction of sp³-hybridized carbons (Fsp3) is 0.182. The number of halogens is 1. The van der Waals surface area contributed by atoms with E-state index in [1.807, 2.05) is 54.6 Å². The first-order valence-electron chi connectivity index (χ1n) is 9.72. The molecule has 1 aliphatic rings. The van der Waals surface area contributed by atoms with Gasteiger partial charge in [-0.05, 0) is 18.2 Å². The van der Waals surface area contributed by atoms with Crippen molar-refractivity contribution in [3.05, 3.63) is 65.3 Å². The summed E-state index contributed by atoms with van der Waals surface area (Å²) in [4.78, 5) is 21.0. The quantitative estimate of drug-likeness (QED) is 0.480. The highest BCUT2D eigenvalue weighted by atomic mass is 79.9. The first-order valence-corrected chi connectivity index (χ1v) is 10.5. The number of nitrogens with zero attached hydrogens (tertiary/aromatic N) is 5. The summed E-state index contributed by atoms with van der Waals surface area (Å²) in [6.07, 6.45) is 1.79. The molecule has 2 aromatic heterocycles. The van der Waals surface area contributed by atoms with Crippen LogP contribution >= 0.6 is 15.9 Å². The maximum atomic E-state index is 5.44. The average Bonchev–Trinajstić information content (AvgIpc) is 2.80. The molecule has 0 amide bonds. The molecular weight excluding hydrogens is 444 g/mol. The van der Waals surface area contributed by atoms with E-state index in [1.165, 1.54) is 0 Å². The lowest BCUT2D eigenvalue weighted by atomic mass is 10.2. The molecule has 4 aromatic rings. The molecule has 0 radical (unpaired) electrons. The average molecular weight is 463 g/mol. The van der Waals surface area contributed by atoms with Crippen molar-refractivity contribution in [2.75, 3.05) is 36.5 Å². The van der Waals surface area contributed by atoms with E-state index in [0.29, 0.717) is 36.5 Å². The number of ether oxygens (including phenoxy) is 1. The molecule has 8 heteroatoms. The minimum atomic E-state index is 0.609. The zero-order valence-electron chi connectivity index (χ0n) is 16.1. The highest BCUT2D eigenvalue weighted by Crippen LogP contribution is 2.28. The number of fused-ring (bicyclic) bond motifs is 1. The van der Waals surface area contributed by atoms with E-state index >= 15 is 0 Å². The van der Waals surface area contributed by atoms with Crippen LogP contribution in [0.3, 0.4) is 0 Å². The summed E-state index contributed by atoms with van der Waals surface area (Å²) < 4.78 is 6.43. The Morgan fingerprint density at radius 1 is 0.933 bits per heavy atom. The number of morpholine rings is 1. The molecule has 0 spiro atoms. The summed E-state index contributed by atoms with van der Waals surface area (Å²) in [6.45, 7) is 2.89. The van der Waals surface area contributed by atoms with Gasteiger partial charge in [0.05, 0.1) is 18.6 Å². The van der Waals surface area contributed by atoms with Gasteiger partial charge in [0.2, 0.25) is 5.95 Å². The second-order valence-corrected chi connectivity index (χ2v) is 7.82. The molecular formula is C22H19BrN6O. The van der Waals surface area contributed by atoms with E-state index in [-0.39, 0.29) is 0 Å². The van der Waals surface area contributed by atoms with Crippen molar-refractivity contribution < 1.29 is 4.74 Å². The number of aromatic nitrogens is 4. The molecule has 0 bridgehead atoms. The fourth-order valence-electron chi connectivity index (χ4n) is 3.34. The molecule has 0 atom stereocenters. The van der Waals surface area contributed by atoms with Crippen LogP contribution in [0.25, 0.3) is 22.4 Å². The van der Waals surface area contributed by atoms with E-state index in [0.717, 1.165) is 34.2 Å². The summed E-state index contributed by atoms with van der Waals surface area (Å²) in [6, 6.07) is 17.9. The van der Waals surface area contributed by atoms with E-state index in [4.69, 9.17) is 19.7 Å². The van der Waals surface area contributed by atoms with E-state index in [2.05, 4.69) is 31.1 Å². The number of benzene rings is 2. The van der Waals surface area contributed by atoms with Gasteiger partial charge in [0.1, 0.15) is 5.82 Å². The molecule has 5 rings (SSSR count). The summed E-state index contributed by atoms with van der Waals surface area (Å²) >= 11 is 3.52. The zero-order chi connectivity index (χ0) is 20.3. The minimum absolute atomic E-state index is 0.609. The Balaban J connectivity index is 1.62. The Kier molecular flexibility index (Phi) is 5.25. The lowest BCUT2D eigenvalue weighted by Gasteiger charge is -2.26. The van der Waals surface area contributed by atoms with Gasteiger partial charge in [0, 0.05) is 35.0 Å². The van der Waals surface area contributed by atoms with Gasteiger partial charge in [-0.1, -0.05) is 52.3 Å². The highest BCUT2D eigenvalue weighted by molar-refractivity contribution is 9.10. The van der Waals surface area contributed by atoms with Crippen molar-refractivity contribution in [3.8, 4) is 11.4 Å². The molecule has 3 heterocycles. The fourth-order valence-corrected chi connectivity index (χ4v) is 3.74. The van der Waals surface area contributed by atoms with Crippen LogP contribution in [0.2, 0.25) is 0 Å². The highest BCUT2D eigenvalue weighted by Gasteiger charge is 2.17. The normalized spacial score (nSPS) is 14.1. The zero-order valence-corrected chi connectivity index (χ0v) is 17.7. The van der Waals surface area contributed by atoms with Gasteiger partial charge in [-0.15, -0.1) is 0 Å². The number of hydrogen-bond donors (Lipinski definition) is 1. The molecule has 30 heavy (non-hydrogen) atoms. The smallest absolute Gasteiger partial charge is 0.227 e. The van der Waals surface area contributed by atoms with Gasteiger partial charge in [-0.2, -0.15) is 4.98 Å². The van der Waals surface area contributed by atoms with Crippen LogP contribution in [0.5, 0.6) is 0 Å². The lowest BCUT2D eigenvalue weighted by Crippen LogP contribution is -2.37. The topological polar surface area (TPSA) is 76.1 Å². The molecule has 1 N–H and O–H groups in total. The van der Waals surface area contributed by atoms with Crippen molar-refractivity contribution in [2.24, 2.45) is 0 Å². The first kappa shape index (κ1) is 18.9.